The summed E-state index contributed by atoms with van der Waals surface area (Å²) in [4.78, 5) is 38.1. The fourth-order valence-electron chi connectivity index (χ4n) is 6.41. The Labute approximate surface area is 340 Å². The maximum Gasteiger partial charge on any atom is 0.345 e. The minimum Gasteiger partial charge on any atom is -0.504 e. The van der Waals surface area contributed by atoms with Gasteiger partial charge in [-0.2, -0.15) is 0 Å². The van der Waals surface area contributed by atoms with Crippen molar-refractivity contribution in [2.45, 2.75) is 62.0 Å². The number of carboxylic acid groups (broad SMARTS) is 1. The highest BCUT2D eigenvalue weighted by Crippen LogP contribution is 2.40. The Morgan fingerprint density at radius 1 is 0.733 bits per heavy atom. The largest absolute Gasteiger partial charge is 0.504 e. The smallest absolute Gasteiger partial charge is 0.345 e. The second kappa shape index (κ2) is 19.3. The number of carboxylic acids is 1. The normalized spacial score (nSPS) is 20.0. The number of phenols is 8. The molecule has 0 aromatic heterocycles. The number of phenolic OH excluding ortho intramolecular Hbond substituents is 8. The highest BCUT2D eigenvalue weighted by molar-refractivity contribution is 5.87. The number of aromatic hydroxyl groups is 8. The minimum absolute atomic E-state index is 0.132. The number of aliphatic hydroxyl groups is 3. The lowest BCUT2D eigenvalue weighted by molar-refractivity contribution is -0.302. The van der Waals surface area contributed by atoms with Gasteiger partial charge in [0.05, 0.1) is 19.6 Å². The second-order valence-electron chi connectivity index (χ2n) is 13.7. The zero-order chi connectivity index (χ0) is 43.8. The van der Waals surface area contributed by atoms with Crippen molar-refractivity contribution >= 4 is 24.0 Å². The van der Waals surface area contributed by atoms with Crippen molar-refractivity contribution in [1.82, 2.24) is 0 Å². The molecule has 320 valence electrons. The van der Waals surface area contributed by atoms with Crippen LogP contribution in [0.1, 0.15) is 40.2 Å². The molecule has 19 heteroatoms. The van der Waals surface area contributed by atoms with Crippen molar-refractivity contribution < 1.29 is 94.6 Å². The molecule has 0 spiro atoms. The fourth-order valence-corrected chi connectivity index (χ4v) is 6.41. The van der Waals surface area contributed by atoms with E-state index >= 15 is 0 Å². The number of carbonyl (C=O) groups excluding carboxylic acids is 2. The Morgan fingerprint density at radius 2 is 1.35 bits per heavy atom. The average Bonchev–Trinajstić information content (AvgIpc) is 3.20. The van der Waals surface area contributed by atoms with E-state index in [0.29, 0.717) is 5.56 Å². The van der Waals surface area contributed by atoms with E-state index in [4.69, 9.17) is 18.9 Å². The van der Waals surface area contributed by atoms with Gasteiger partial charge in [-0.05, 0) is 88.8 Å². The van der Waals surface area contributed by atoms with Gasteiger partial charge in [0.1, 0.15) is 18.3 Å². The van der Waals surface area contributed by atoms with Crippen LogP contribution in [0.2, 0.25) is 0 Å². The number of hydrogen-bond donors (Lipinski definition) is 12. The summed E-state index contributed by atoms with van der Waals surface area (Å²) in [5.74, 6) is -8.93. The molecule has 0 radical (unpaired) electrons. The van der Waals surface area contributed by atoms with Gasteiger partial charge in [-0.3, -0.25) is 4.79 Å². The molecule has 19 nitrogen and oxygen atoms in total. The first-order chi connectivity index (χ1) is 28.4. The molecule has 0 amide bonds. The van der Waals surface area contributed by atoms with Crippen LogP contribution in [0.5, 0.6) is 46.0 Å². The lowest BCUT2D eigenvalue weighted by Gasteiger charge is -2.41. The van der Waals surface area contributed by atoms with Crippen LogP contribution in [-0.2, 0) is 46.2 Å². The molecule has 60 heavy (non-hydrogen) atoms. The van der Waals surface area contributed by atoms with Crippen molar-refractivity contribution in [3.63, 3.8) is 0 Å². The Hall–Kier alpha value is -6.77. The molecule has 7 atom stereocenters. The van der Waals surface area contributed by atoms with Gasteiger partial charge in [-0.25, -0.2) is 9.59 Å². The summed E-state index contributed by atoms with van der Waals surface area (Å²) in [7, 11) is 0. The molecule has 4 aromatic carbocycles. The van der Waals surface area contributed by atoms with Crippen LogP contribution in [0.4, 0.5) is 0 Å². The number of aliphatic carboxylic acids is 1. The molecular formula is C41H42O19. The molecule has 1 saturated heterocycles. The zero-order valence-corrected chi connectivity index (χ0v) is 31.3. The van der Waals surface area contributed by atoms with Crippen LogP contribution in [0.15, 0.2) is 72.8 Å². The van der Waals surface area contributed by atoms with E-state index in [9.17, 15) is 75.7 Å². The van der Waals surface area contributed by atoms with E-state index in [1.165, 1.54) is 36.4 Å². The number of aliphatic hydroxyl groups excluding tert-OH is 3. The summed E-state index contributed by atoms with van der Waals surface area (Å²) in [6.07, 6.45) is -9.06. The molecule has 1 aliphatic rings. The average molecular weight is 839 g/mol. The fraction of sp³-hybridized carbons (Fsp3) is 0.293. The summed E-state index contributed by atoms with van der Waals surface area (Å²) in [5, 5.41) is 122. The van der Waals surface area contributed by atoms with Gasteiger partial charge in [0.2, 0.25) is 6.10 Å². The highest BCUT2D eigenvalue weighted by Gasteiger charge is 2.47. The Morgan fingerprint density at radius 3 is 1.98 bits per heavy atom. The lowest BCUT2D eigenvalue weighted by atomic mass is 9.84. The summed E-state index contributed by atoms with van der Waals surface area (Å²) in [6.45, 7) is -1.15. The van der Waals surface area contributed by atoms with Crippen molar-refractivity contribution in [3.05, 3.63) is 101 Å². The quantitative estimate of drug-likeness (QED) is 0.0434. The molecule has 12 N–H and O–H groups in total. The summed E-state index contributed by atoms with van der Waals surface area (Å²) in [5.41, 5.74) is 1.02. The summed E-state index contributed by atoms with van der Waals surface area (Å²) >= 11 is 0. The second-order valence-corrected chi connectivity index (χ2v) is 13.7. The third-order valence-electron chi connectivity index (χ3n) is 9.53. The van der Waals surface area contributed by atoms with Gasteiger partial charge >= 0.3 is 17.9 Å². The van der Waals surface area contributed by atoms with E-state index in [0.717, 1.165) is 42.5 Å². The summed E-state index contributed by atoms with van der Waals surface area (Å²) in [6, 6.07) is 13.1. The number of hydrogen-bond acceptors (Lipinski definition) is 18. The highest BCUT2D eigenvalue weighted by atomic mass is 16.7. The maximum absolute atomic E-state index is 13.4. The Bertz CT molecular complexity index is 2220. The minimum atomic E-state index is -1.84. The van der Waals surface area contributed by atoms with Crippen LogP contribution < -0.4 is 0 Å². The Balaban J connectivity index is 1.32. The van der Waals surface area contributed by atoms with Gasteiger partial charge in [-0.15, -0.1) is 0 Å². The molecule has 4 aromatic rings. The third kappa shape index (κ3) is 10.8. The number of ether oxygens (including phenoxy) is 4. The topological polar surface area (TPSA) is 331 Å². The number of benzene rings is 4. The van der Waals surface area contributed by atoms with Crippen LogP contribution in [0.25, 0.3) is 6.08 Å². The molecule has 0 unspecified atom stereocenters. The number of esters is 2. The van der Waals surface area contributed by atoms with Crippen LogP contribution in [0, 0.1) is 0 Å². The first kappa shape index (κ1) is 44.3. The molecule has 1 aliphatic heterocycles. The van der Waals surface area contributed by atoms with E-state index in [1.54, 1.807) is 0 Å². The number of carbonyl (C=O) groups is 3. The molecular weight excluding hydrogens is 796 g/mol. The van der Waals surface area contributed by atoms with Gasteiger partial charge in [0.15, 0.2) is 58.4 Å². The van der Waals surface area contributed by atoms with Gasteiger partial charge < -0.3 is 80.2 Å². The van der Waals surface area contributed by atoms with Gasteiger partial charge in [-0.1, -0.05) is 18.2 Å². The standard InChI is InChI=1S/C41H42O19/c42-18-34-39(60-35(51)8-3-19-1-5-25(43)28(46)11-19)37(53)38(54)41(59-34)57-10-9-22-15-31(49)32(50)16-23(22)24(21-4-7-27(45)30(48)14-21)17-36(52)58-33(40(55)56)13-20-2-6-26(44)29(47)12-20/h1-8,11-12,14-16,24,33-34,37-39,41-50,53-54H,9-10,13,17-18H2,(H,55,56)/t24-,33+,34+,37+,38+,39+,41+/m0/s1. The van der Waals surface area contributed by atoms with Gasteiger partial charge in [0.25, 0.3) is 0 Å². The van der Waals surface area contributed by atoms with Crippen LogP contribution >= 0.6 is 0 Å². The maximum atomic E-state index is 13.4. The zero-order valence-electron chi connectivity index (χ0n) is 31.3. The predicted octanol–water partition coefficient (Wildman–Crippen LogP) is 1.72. The van der Waals surface area contributed by atoms with Crippen molar-refractivity contribution in [2.75, 3.05) is 13.2 Å². The molecule has 0 aliphatic carbocycles. The lowest BCUT2D eigenvalue weighted by Crippen LogP contribution is -2.60. The SMILES string of the molecule is O=C(C=Cc1ccc(O)c(O)c1)O[C@H]1[C@H](O)[C@@H](O)[C@H](OCCc2cc(O)c(O)cc2[C@@H](CC(=O)O[C@H](Cc2ccc(O)c(O)c2)C(=O)O)c2ccc(O)c(O)c2)O[C@@H]1CO. The van der Waals surface area contributed by atoms with Crippen LogP contribution in [-0.4, -0.2) is 129 Å². The number of rotatable bonds is 16. The first-order valence-corrected chi connectivity index (χ1v) is 18.1. The molecule has 1 fully saturated rings. The van der Waals surface area contributed by atoms with Crippen molar-refractivity contribution in [2.24, 2.45) is 0 Å². The molecule has 0 saturated carbocycles. The summed E-state index contributed by atoms with van der Waals surface area (Å²) < 4.78 is 21.9. The van der Waals surface area contributed by atoms with Crippen molar-refractivity contribution in [3.8, 4) is 46.0 Å². The Kier molecular flexibility index (Phi) is 14.3. The van der Waals surface area contributed by atoms with Gasteiger partial charge in [0, 0.05) is 18.4 Å². The van der Waals surface area contributed by atoms with E-state index in [1.807, 2.05) is 0 Å². The van der Waals surface area contributed by atoms with E-state index in [-0.39, 0.29) is 41.0 Å². The van der Waals surface area contributed by atoms with E-state index in [2.05, 4.69) is 0 Å². The van der Waals surface area contributed by atoms with Crippen LogP contribution in [0.3, 0.4) is 0 Å². The third-order valence-corrected chi connectivity index (χ3v) is 9.53. The molecule has 0 bridgehead atoms. The van der Waals surface area contributed by atoms with E-state index < -0.39 is 120 Å². The monoisotopic (exact) mass is 838 g/mol. The predicted molar refractivity (Wildman–Crippen MR) is 203 cm³/mol. The molecule has 1 heterocycles. The van der Waals surface area contributed by atoms with Crippen molar-refractivity contribution in [1.29, 1.82) is 0 Å². The molecule has 5 rings (SSSR count). The first-order valence-electron chi connectivity index (χ1n) is 18.1.